The highest BCUT2D eigenvalue weighted by molar-refractivity contribution is 5.84. The van der Waals surface area contributed by atoms with E-state index in [1.165, 1.54) is 4.90 Å². The van der Waals surface area contributed by atoms with E-state index in [1.54, 1.807) is 0 Å². The average Bonchev–Trinajstić information content (AvgIpc) is 3.04. The van der Waals surface area contributed by atoms with Gasteiger partial charge >= 0.3 is 6.09 Å². The average molecular weight is 251 g/mol. The van der Waals surface area contributed by atoms with Crippen LogP contribution in [-0.2, 0) is 9.53 Å². The summed E-state index contributed by atoms with van der Waals surface area (Å²) in [7, 11) is 0. The molecule has 100 valence electrons. The van der Waals surface area contributed by atoms with Gasteiger partial charge < -0.3 is 4.74 Å². The topological polar surface area (TPSA) is 46.6 Å². The standard InChI is InChI=1S/C14H21NO3/c1-5-6-7-12(16)10-15(11-8-9-11)13(17)18-14(2,3)4/h1,11H,6-10H2,2-4H3. The summed E-state index contributed by atoms with van der Waals surface area (Å²) in [5, 5.41) is 0. The number of ether oxygens (including phenoxy) is 1. The summed E-state index contributed by atoms with van der Waals surface area (Å²) in [6.45, 7) is 5.56. The van der Waals surface area contributed by atoms with Crippen LogP contribution in [0, 0.1) is 12.3 Å². The summed E-state index contributed by atoms with van der Waals surface area (Å²) < 4.78 is 5.30. The van der Waals surface area contributed by atoms with Crippen LogP contribution in [0.3, 0.4) is 0 Å². The second-order valence-electron chi connectivity index (χ2n) is 5.58. The predicted octanol–water partition coefficient (Wildman–Crippen LogP) is 2.37. The molecule has 4 nitrogen and oxygen atoms in total. The molecule has 0 bridgehead atoms. The maximum Gasteiger partial charge on any atom is 0.410 e. The number of rotatable bonds is 5. The summed E-state index contributed by atoms with van der Waals surface area (Å²) >= 11 is 0. The van der Waals surface area contributed by atoms with Gasteiger partial charge in [-0.2, -0.15) is 0 Å². The zero-order valence-electron chi connectivity index (χ0n) is 11.4. The molecule has 1 saturated carbocycles. The smallest absolute Gasteiger partial charge is 0.410 e. The molecule has 0 saturated heterocycles. The zero-order valence-corrected chi connectivity index (χ0v) is 11.4. The Morgan fingerprint density at radius 2 is 2.00 bits per heavy atom. The number of hydrogen-bond acceptors (Lipinski definition) is 3. The molecule has 1 fully saturated rings. The first-order valence-corrected chi connectivity index (χ1v) is 6.28. The van der Waals surface area contributed by atoms with E-state index in [0.717, 1.165) is 12.8 Å². The van der Waals surface area contributed by atoms with Gasteiger partial charge in [-0.3, -0.25) is 9.69 Å². The number of ketones is 1. The fourth-order valence-corrected chi connectivity index (χ4v) is 1.53. The molecule has 1 aliphatic carbocycles. The molecule has 0 heterocycles. The van der Waals surface area contributed by atoms with Crippen molar-refractivity contribution in [2.45, 2.75) is 58.1 Å². The van der Waals surface area contributed by atoms with Gasteiger partial charge in [0.2, 0.25) is 0 Å². The lowest BCUT2D eigenvalue weighted by molar-refractivity contribution is -0.120. The molecule has 0 radical (unpaired) electrons. The van der Waals surface area contributed by atoms with Crippen LogP contribution in [0.4, 0.5) is 4.79 Å². The van der Waals surface area contributed by atoms with Crippen molar-refractivity contribution in [2.75, 3.05) is 6.54 Å². The summed E-state index contributed by atoms with van der Waals surface area (Å²) in [6, 6.07) is 0.162. The second kappa shape index (κ2) is 5.90. The highest BCUT2D eigenvalue weighted by atomic mass is 16.6. The Balaban J connectivity index is 2.52. The van der Waals surface area contributed by atoms with Gasteiger partial charge in [-0.25, -0.2) is 4.79 Å². The summed E-state index contributed by atoms with van der Waals surface area (Å²) in [6.07, 6.45) is 7.35. The first kappa shape index (κ1) is 14.6. The Labute approximate surface area is 109 Å². The van der Waals surface area contributed by atoms with Crippen molar-refractivity contribution < 1.29 is 14.3 Å². The highest BCUT2D eigenvalue weighted by Gasteiger charge is 2.36. The van der Waals surface area contributed by atoms with Crippen LogP contribution in [0.5, 0.6) is 0 Å². The third kappa shape index (κ3) is 5.22. The minimum atomic E-state index is -0.536. The molecule has 1 rings (SSSR count). The lowest BCUT2D eigenvalue weighted by Crippen LogP contribution is -2.41. The fourth-order valence-electron chi connectivity index (χ4n) is 1.53. The molecule has 0 spiro atoms. The van der Waals surface area contributed by atoms with Crippen LogP contribution in [0.25, 0.3) is 0 Å². The van der Waals surface area contributed by atoms with Gasteiger partial charge in [0.05, 0.1) is 6.54 Å². The number of nitrogens with zero attached hydrogens (tertiary/aromatic N) is 1. The van der Waals surface area contributed by atoms with Crippen molar-refractivity contribution in [3.63, 3.8) is 0 Å². The molecule has 1 aliphatic rings. The highest BCUT2D eigenvalue weighted by Crippen LogP contribution is 2.28. The molecule has 0 aliphatic heterocycles. The van der Waals surface area contributed by atoms with E-state index in [1.807, 2.05) is 20.8 Å². The zero-order chi connectivity index (χ0) is 13.8. The number of terminal acetylenes is 1. The monoisotopic (exact) mass is 251 g/mol. The van der Waals surface area contributed by atoms with Crippen molar-refractivity contribution >= 4 is 11.9 Å². The summed E-state index contributed by atoms with van der Waals surface area (Å²) in [4.78, 5) is 25.2. The molecule has 0 aromatic heterocycles. The van der Waals surface area contributed by atoms with Gasteiger partial charge in [-0.05, 0) is 33.6 Å². The second-order valence-corrected chi connectivity index (χ2v) is 5.58. The van der Waals surface area contributed by atoms with Gasteiger partial charge in [-0.15, -0.1) is 12.3 Å². The van der Waals surface area contributed by atoms with E-state index in [0.29, 0.717) is 12.8 Å². The van der Waals surface area contributed by atoms with E-state index in [9.17, 15) is 9.59 Å². The molecule has 0 atom stereocenters. The molecule has 1 amide bonds. The maximum atomic E-state index is 12.0. The minimum Gasteiger partial charge on any atom is -0.444 e. The van der Waals surface area contributed by atoms with E-state index < -0.39 is 11.7 Å². The third-order valence-electron chi connectivity index (χ3n) is 2.51. The predicted molar refractivity (Wildman–Crippen MR) is 69.0 cm³/mol. The van der Waals surface area contributed by atoms with Gasteiger partial charge in [0, 0.05) is 18.9 Å². The summed E-state index contributed by atoms with van der Waals surface area (Å²) in [5.74, 6) is 2.42. The first-order valence-electron chi connectivity index (χ1n) is 6.28. The largest absolute Gasteiger partial charge is 0.444 e. The van der Waals surface area contributed by atoms with Crippen molar-refractivity contribution in [3.05, 3.63) is 0 Å². The van der Waals surface area contributed by atoms with E-state index in [2.05, 4.69) is 5.92 Å². The Hall–Kier alpha value is -1.50. The molecular formula is C14H21NO3. The summed E-state index contributed by atoms with van der Waals surface area (Å²) in [5.41, 5.74) is -0.536. The van der Waals surface area contributed by atoms with Crippen LogP contribution in [0.15, 0.2) is 0 Å². The number of amides is 1. The fraction of sp³-hybridized carbons (Fsp3) is 0.714. The van der Waals surface area contributed by atoms with Crippen LogP contribution in [-0.4, -0.2) is 35.0 Å². The number of carbonyl (C=O) groups is 2. The minimum absolute atomic E-state index is 0.00860. The maximum absolute atomic E-state index is 12.0. The quantitative estimate of drug-likeness (QED) is 0.705. The Bertz CT molecular complexity index is 358. The third-order valence-corrected chi connectivity index (χ3v) is 2.51. The molecule has 0 N–H and O–H groups in total. The van der Waals surface area contributed by atoms with Crippen LogP contribution in [0.2, 0.25) is 0 Å². The molecule has 4 heteroatoms. The van der Waals surface area contributed by atoms with Crippen LogP contribution in [0.1, 0.15) is 46.5 Å². The normalized spacial score (nSPS) is 14.8. The SMILES string of the molecule is C#CCCC(=O)CN(C(=O)OC(C)(C)C)C1CC1. The van der Waals surface area contributed by atoms with Crippen molar-refractivity contribution in [1.29, 1.82) is 0 Å². The van der Waals surface area contributed by atoms with Gasteiger partial charge in [0.25, 0.3) is 0 Å². The molecule has 0 aromatic rings. The molecule has 0 aromatic carbocycles. The number of carbonyl (C=O) groups excluding carboxylic acids is 2. The Kier molecular flexibility index (Phi) is 4.77. The number of Topliss-reactive ketones (excluding diaryl/α,β-unsaturated/α-hetero) is 1. The lowest BCUT2D eigenvalue weighted by atomic mass is 10.2. The Morgan fingerprint density at radius 1 is 1.39 bits per heavy atom. The van der Waals surface area contributed by atoms with E-state index in [-0.39, 0.29) is 18.4 Å². The lowest BCUT2D eigenvalue weighted by Gasteiger charge is -2.26. The molecular weight excluding hydrogens is 230 g/mol. The number of hydrogen-bond donors (Lipinski definition) is 0. The van der Waals surface area contributed by atoms with Gasteiger partial charge in [0.15, 0.2) is 5.78 Å². The van der Waals surface area contributed by atoms with Gasteiger partial charge in [0.1, 0.15) is 5.60 Å². The first-order chi connectivity index (χ1) is 8.33. The van der Waals surface area contributed by atoms with Crippen LogP contribution < -0.4 is 0 Å². The van der Waals surface area contributed by atoms with Crippen molar-refractivity contribution in [2.24, 2.45) is 0 Å². The van der Waals surface area contributed by atoms with Crippen molar-refractivity contribution in [1.82, 2.24) is 4.90 Å². The molecule has 18 heavy (non-hydrogen) atoms. The Morgan fingerprint density at radius 3 is 2.44 bits per heavy atom. The van der Waals surface area contributed by atoms with Crippen LogP contribution >= 0.6 is 0 Å². The van der Waals surface area contributed by atoms with E-state index in [4.69, 9.17) is 11.2 Å². The van der Waals surface area contributed by atoms with Crippen molar-refractivity contribution in [3.8, 4) is 12.3 Å². The van der Waals surface area contributed by atoms with E-state index >= 15 is 0 Å². The van der Waals surface area contributed by atoms with Gasteiger partial charge in [-0.1, -0.05) is 0 Å². The molecule has 0 unspecified atom stereocenters.